The number of benzene rings is 3. The van der Waals surface area contributed by atoms with Gasteiger partial charge in [0.25, 0.3) is 0 Å². The molecule has 0 bridgehead atoms. The van der Waals surface area contributed by atoms with Crippen LogP contribution in [0.5, 0.6) is 0 Å². The molecule has 0 unspecified atom stereocenters. The first-order chi connectivity index (χ1) is 13.8. The van der Waals surface area contributed by atoms with Gasteiger partial charge in [-0.05, 0) is 40.9 Å². The van der Waals surface area contributed by atoms with Gasteiger partial charge in [-0.1, -0.05) is 84.9 Å². The lowest BCUT2D eigenvalue weighted by Gasteiger charge is -2.11. The smallest absolute Gasteiger partial charge is 0.166 e. The van der Waals surface area contributed by atoms with Crippen LogP contribution in [0.1, 0.15) is 22.3 Å². The fourth-order valence-corrected chi connectivity index (χ4v) is 3.07. The van der Waals surface area contributed by atoms with Crippen molar-refractivity contribution in [1.82, 2.24) is 10.6 Å². The lowest BCUT2D eigenvalue weighted by Crippen LogP contribution is -2.35. The van der Waals surface area contributed by atoms with Gasteiger partial charge in [0.2, 0.25) is 0 Å². The molecule has 3 aromatic carbocycles. The monoisotopic (exact) mass is 390 g/mol. The van der Waals surface area contributed by atoms with E-state index in [2.05, 4.69) is 71.3 Å². The highest BCUT2D eigenvalue weighted by Gasteiger charge is 2.00. The minimum Gasteiger partial charge on any atom is -0.372 e. The quantitative estimate of drug-likeness (QED) is 0.523. The van der Waals surface area contributed by atoms with Crippen molar-refractivity contribution in [2.75, 3.05) is 6.54 Å². The minimum absolute atomic E-state index is 0.600. The van der Waals surface area contributed by atoms with Crippen LogP contribution in [0.2, 0.25) is 0 Å². The van der Waals surface area contributed by atoms with Crippen molar-refractivity contribution >= 4 is 17.3 Å². The predicted octanol–water partition coefficient (Wildman–Crippen LogP) is 4.61. The fourth-order valence-electron chi connectivity index (χ4n) is 2.90. The molecule has 0 aliphatic carbocycles. The van der Waals surface area contributed by atoms with E-state index in [1.165, 1.54) is 16.7 Å². The molecule has 0 aliphatic rings. The van der Waals surface area contributed by atoms with Gasteiger partial charge < -0.3 is 15.4 Å². The van der Waals surface area contributed by atoms with Crippen LogP contribution in [0.25, 0.3) is 0 Å². The Balaban J connectivity index is 1.37. The second-order valence-electron chi connectivity index (χ2n) is 6.64. The Hall–Kier alpha value is -2.69. The lowest BCUT2D eigenvalue weighted by atomic mass is 10.1. The maximum atomic E-state index is 5.82. The van der Waals surface area contributed by atoms with Gasteiger partial charge in [0.15, 0.2) is 5.11 Å². The van der Waals surface area contributed by atoms with Crippen LogP contribution >= 0.6 is 12.2 Å². The Morgan fingerprint density at radius 2 is 1.29 bits per heavy atom. The van der Waals surface area contributed by atoms with Gasteiger partial charge in [-0.3, -0.25) is 0 Å². The second-order valence-corrected chi connectivity index (χ2v) is 7.05. The average molecular weight is 391 g/mol. The molecule has 4 heteroatoms. The van der Waals surface area contributed by atoms with Crippen LogP contribution in [0.3, 0.4) is 0 Å². The topological polar surface area (TPSA) is 33.3 Å². The van der Waals surface area contributed by atoms with Gasteiger partial charge in [0.1, 0.15) is 0 Å². The average Bonchev–Trinajstić information content (AvgIpc) is 2.74. The highest BCUT2D eigenvalue weighted by atomic mass is 32.1. The van der Waals surface area contributed by atoms with Gasteiger partial charge >= 0.3 is 0 Å². The Morgan fingerprint density at radius 3 is 2.04 bits per heavy atom. The molecule has 144 valence electrons. The Bertz CT molecular complexity index is 853. The van der Waals surface area contributed by atoms with Crippen LogP contribution in [-0.2, 0) is 30.9 Å². The van der Waals surface area contributed by atoms with Crippen molar-refractivity contribution in [3.8, 4) is 0 Å². The summed E-state index contributed by atoms with van der Waals surface area (Å²) in [6.07, 6.45) is 0.955. The zero-order valence-electron chi connectivity index (χ0n) is 15.9. The summed E-state index contributed by atoms with van der Waals surface area (Å²) >= 11 is 5.38. The standard InChI is InChI=1S/C24H26N2OS/c28-24(25-15-14-20-8-3-1-4-9-20)26-17-22-12-7-13-23(16-22)19-27-18-21-10-5-2-6-11-21/h1-13,16H,14-15,17-19H2,(H2,25,26,28). The third kappa shape index (κ3) is 7.14. The second kappa shape index (κ2) is 11.2. The summed E-state index contributed by atoms with van der Waals surface area (Å²) in [7, 11) is 0. The third-order valence-corrected chi connectivity index (χ3v) is 4.66. The van der Waals surface area contributed by atoms with Crippen molar-refractivity contribution < 1.29 is 4.74 Å². The van der Waals surface area contributed by atoms with E-state index in [0.29, 0.717) is 24.9 Å². The zero-order chi connectivity index (χ0) is 19.4. The minimum atomic E-state index is 0.600. The number of hydrogen-bond acceptors (Lipinski definition) is 2. The first-order valence-electron chi connectivity index (χ1n) is 9.55. The maximum absolute atomic E-state index is 5.82. The summed E-state index contributed by atoms with van der Waals surface area (Å²) in [5.41, 5.74) is 4.85. The molecule has 0 aromatic heterocycles. The highest BCUT2D eigenvalue weighted by molar-refractivity contribution is 7.80. The van der Waals surface area contributed by atoms with Crippen molar-refractivity contribution in [2.24, 2.45) is 0 Å². The van der Waals surface area contributed by atoms with E-state index in [-0.39, 0.29) is 0 Å². The summed E-state index contributed by atoms with van der Waals surface area (Å²) in [5, 5.41) is 7.22. The van der Waals surface area contributed by atoms with E-state index in [1.54, 1.807) is 0 Å². The van der Waals surface area contributed by atoms with E-state index < -0.39 is 0 Å². The van der Waals surface area contributed by atoms with Crippen LogP contribution in [0.15, 0.2) is 84.9 Å². The van der Waals surface area contributed by atoms with Crippen molar-refractivity contribution in [1.29, 1.82) is 0 Å². The molecule has 3 nitrogen and oxygen atoms in total. The molecular formula is C24H26N2OS. The Labute approximate surface area is 172 Å². The molecular weight excluding hydrogens is 364 g/mol. The maximum Gasteiger partial charge on any atom is 0.166 e. The SMILES string of the molecule is S=C(NCCc1ccccc1)NCc1cccc(COCc2ccccc2)c1. The number of rotatable bonds is 9. The van der Waals surface area contributed by atoms with E-state index in [0.717, 1.165) is 18.5 Å². The van der Waals surface area contributed by atoms with Gasteiger partial charge in [-0.15, -0.1) is 0 Å². The summed E-state index contributed by atoms with van der Waals surface area (Å²) < 4.78 is 5.82. The fraction of sp³-hybridized carbons (Fsp3) is 0.208. The van der Waals surface area contributed by atoms with Gasteiger partial charge in [0.05, 0.1) is 13.2 Å². The number of hydrogen-bond donors (Lipinski definition) is 2. The molecule has 0 radical (unpaired) electrons. The third-order valence-electron chi connectivity index (χ3n) is 4.37. The largest absolute Gasteiger partial charge is 0.372 e. The van der Waals surface area contributed by atoms with Gasteiger partial charge in [-0.25, -0.2) is 0 Å². The zero-order valence-corrected chi connectivity index (χ0v) is 16.8. The molecule has 0 saturated carbocycles. The molecule has 0 fully saturated rings. The molecule has 2 N–H and O–H groups in total. The van der Waals surface area contributed by atoms with Crippen molar-refractivity contribution in [3.05, 3.63) is 107 Å². The van der Waals surface area contributed by atoms with Crippen molar-refractivity contribution in [3.63, 3.8) is 0 Å². The number of nitrogens with one attached hydrogen (secondary N) is 2. The van der Waals surface area contributed by atoms with E-state index in [1.807, 2.05) is 24.3 Å². The van der Waals surface area contributed by atoms with Gasteiger partial charge in [0, 0.05) is 13.1 Å². The predicted molar refractivity (Wildman–Crippen MR) is 119 cm³/mol. The summed E-state index contributed by atoms with van der Waals surface area (Å²) in [6, 6.07) is 29.0. The van der Waals surface area contributed by atoms with Crippen molar-refractivity contribution in [2.45, 2.75) is 26.2 Å². The molecule has 0 amide bonds. The van der Waals surface area contributed by atoms with Crippen LogP contribution in [0.4, 0.5) is 0 Å². The molecule has 0 heterocycles. The van der Waals surface area contributed by atoms with E-state index in [9.17, 15) is 0 Å². The molecule has 28 heavy (non-hydrogen) atoms. The molecule has 3 rings (SSSR count). The first kappa shape index (κ1) is 20.1. The summed E-state index contributed by atoms with van der Waals surface area (Å²) in [6.45, 7) is 2.74. The highest BCUT2D eigenvalue weighted by Crippen LogP contribution is 2.09. The lowest BCUT2D eigenvalue weighted by molar-refractivity contribution is 0.107. The molecule has 0 saturated heterocycles. The molecule has 0 atom stereocenters. The van der Waals surface area contributed by atoms with E-state index in [4.69, 9.17) is 17.0 Å². The number of thiocarbonyl (C=S) groups is 1. The summed E-state index contributed by atoms with van der Waals surface area (Å²) in [5.74, 6) is 0. The molecule has 0 aliphatic heterocycles. The van der Waals surface area contributed by atoms with E-state index >= 15 is 0 Å². The first-order valence-corrected chi connectivity index (χ1v) is 9.95. The van der Waals surface area contributed by atoms with Crippen LogP contribution < -0.4 is 10.6 Å². The molecule has 0 spiro atoms. The summed E-state index contributed by atoms with van der Waals surface area (Å²) in [4.78, 5) is 0. The number of ether oxygens (including phenoxy) is 1. The normalized spacial score (nSPS) is 10.4. The Morgan fingerprint density at radius 1 is 0.679 bits per heavy atom. The van der Waals surface area contributed by atoms with Gasteiger partial charge in [-0.2, -0.15) is 0 Å². The van der Waals surface area contributed by atoms with Crippen LogP contribution in [-0.4, -0.2) is 11.7 Å². The molecule has 3 aromatic rings. The van der Waals surface area contributed by atoms with Crippen LogP contribution in [0, 0.1) is 0 Å². The Kier molecular flexibility index (Phi) is 8.04.